The molecule has 0 aliphatic carbocycles. The number of fused-ring (bicyclic) bond motifs is 1. The maximum Gasteiger partial charge on any atom is 0.186 e. The summed E-state index contributed by atoms with van der Waals surface area (Å²) < 4.78 is 42.2. The molecule has 1 unspecified atom stereocenters. The van der Waals surface area contributed by atoms with Crippen molar-refractivity contribution in [2.24, 2.45) is 0 Å². The Morgan fingerprint density at radius 2 is 1.81 bits per heavy atom. The van der Waals surface area contributed by atoms with Gasteiger partial charge in [-0.05, 0) is 32.7 Å². The second kappa shape index (κ2) is 7.70. The molecular weight excluding hydrogens is 355 g/mol. The van der Waals surface area contributed by atoms with E-state index in [0.717, 1.165) is 5.56 Å². The number of hydrogen-bond donors (Lipinski definition) is 0. The molecule has 2 heterocycles. The summed E-state index contributed by atoms with van der Waals surface area (Å²) in [6.45, 7) is 7.66. The van der Waals surface area contributed by atoms with Crippen LogP contribution in [0.2, 0.25) is 0 Å². The Hall–Kier alpha value is -0.750. The second-order valence-electron chi connectivity index (χ2n) is 7.76. The van der Waals surface area contributed by atoms with Gasteiger partial charge in [0.2, 0.25) is 0 Å². The largest absolute Gasteiger partial charge is 0.366 e. The van der Waals surface area contributed by atoms with E-state index in [9.17, 15) is 4.57 Å². The van der Waals surface area contributed by atoms with Crippen LogP contribution in [0.5, 0.6) is 0 Å². The van der Waals surface area contributed by atoms with Crippen LogP contribution in [0.4, 0.5) is 0 Å². The molecular formula is C19H29O6P. The summed E-state index contributed by atoms with van der Waals surface area (Å²) in [5, 5.41) is 0. The molecule has 0 spiro atoms. The van der Waals surface area contributed by atoms with Crippen LogP contribution in [0.1, 0.15) is 25.8 Å². The molecule has 0 N–H and O–H groups in total. The van der Waals surface area contributed by atoms with Crippen molar-refractivity contribution in [2.45, 2.75) is 63.1 Å². The lowest BCUT2D eigenvalue weighted by molar-refractivity contribution is -0.229. The summed E-state index contributed by atoms with van der Waals surface area (Å²) in [7, 11) is -0.911. The predicted octanol–water partition coefficient (Wildman–Crippen LogP) is 3.43. The zero-order valence-corrected chi connectivity index (χ0v) is 17.0. The normalized spacial score (nSPS) is 31.7. The van der Waals surface area contributed by atoms with E-state index in [0.29, 0.717) is 13.0 Å². The summed E-state index contributed by atoms with van der Waals surface area (Å²) in [5.74, 6) is -1.10. The Morgan fingerprint density at radius 1 is 1.15 bits per heavy atom. The first-order valence-corrected chi connectivity index (χ1v) is 11.6. The zero-order chi connectivity index (χ0) is 18.9. The average molecular weight is 384 g/mol. The van der Waals surface area contributed by atoms with Gasteiger partial charge in [-0.1, -0.05) is 30.3 Å². The van der Waals surface area contributed by atoms with E-state index in [1.54, 1.807) is 20.4 Å². The van der Waals surface area contributed by atoms with Gasteiger partial charge in [0, 0.05) is 13.5 Å². The van der Waals surface area contributed by atoms with Crippen molar-refractivity contribution >= 4 is 7.14 Å². The predicted molar refractivity (Wildman–Crippen MR) is 98.6 cm³/mol. The third kappa shape index (κ3) is 4.56. The highest BCUT2D eigenvalue weighted by Crippen LogP contribution is 2.48. The van der Waals surface area contributed by atoms with E-state index in [-0.39, 0.29) is 18.3 Å². The molecule has 0 bridgehead atoms. The Balaban J connectivity index is 1.69. The topological polar surface area (TPSA) is 63.2 Å². The van der Waals surface area contributed by atoms with Crippen LogP contribution in [-0.2, 0) is 34.9 Å². The number of methoxy groups -OCH3 is 1. The lowest BCUT2D eigenvalue weighted by Crippen LogP contribution is -2.33. The summed E-state index contributed by atoms with van der Waals surface area (Å²) in [4.78, 5) is 0. The highest BCUT2D eigenvalue weighted by atomic mass is 31.2. The fourth-order valence-corrected chi connectivity index (χ4v) is 4.64. The van der Waals surface area contributed by atoms with Gasteiger partial charge in [-0.2, -0.15) is 0 Å². The van der Waals surface area contributed by atoms with Gasteiger partial charge in [-0.25, -0.2) is 0 Å². The van der Waals surface area contributed by atoms with Gasteiger partial charge in [0.05, 0.1) is 12.7 Å². The van der Waals surface area contributed by atoms with Crippen molar-refractivity contribution in [2.75, 3.05) is 20.4 Å². The molecule has 1 aromatic carbocycles. The molecule has 2 saturated heterocycles. The van der Waals surface area contributed by atoms with Gasteiger partial charge < -0.3 is 28.2 Å². The lowest BCUT2D eigenvalue weighted by Gasteiger charge is -2.28. The fourth-order valence-electron chi connectivity index (χ4n) is 3.49. The van der Waals surface area contributed by atoms with Gasteiger partial charge in [0.1, 0.15) is 25.2 Å². The van der Waals surface area contributed by atoms with Crippen LogP contribution in [0.25, 0.3) is 0 Å². The van der Waals surface area contributed by atoms with E-state index < -0.39 is 25.1 Å². The number of rotatable bonds is 7. The van der Waals surface area contributed by atoms with Gasteiger partial charge >= 0.3 is 0 Å². The van der Waals surface area contributed by atoms with Crippen molar-refractivity contribution in [1.29, 1.82) is 0 Å². The minimum Gasteiger partial charge on any atom is -0.366 e. The summed E-state index contributed by atoms with van der Waals surface area (Å²) in [5.41, 5.74) is 1.05. The Kier molecular flexibility index (Phi) is 5.92. The van der Waals surface area contributed by atoms with Crippen LogP contribution in [0.15, 0.2) is 30.3 Å². The van der Waals surface area contributed by atoms with Crippen LogP contribution in [0, 0.1) is 0 Å². The summed E-state index contributed by atoms with van der Waals surface area (Å²) >= 11 is 0. The molecule has 26 heavy (non-hydrogen) atoms. The average Bonchev–Trinajstić information content (AvgIpc) is 3.04. The first kappa shape index (κ1) is 20.0. The smallest absolute Gasteiger partial charge is 0.186 e. The molecule has 2 fully saturated rings. The van der Waals surface area contributed by atoms with Crippen molar-refractivity contribution in [1.82, 2.24) is 0 Å². The Morgan fingerprint density at radius 3 is 2.42 bits per heavy atom. The number of hydrogen-bond acceptors (Lipinski definition) is 6. The molecule has 0 amide bonds. The van der Waals surface area contributed by atoms with E-state index in [1.807, 2.05) is 44.2 Å². The maximum atomic E-state index is 12.8. The van der Waals surface area contributed by atoms with Gasteiger partial charge in [0.15, 0.2) is 12.1 Å². The first-order chi connectivity index (χ1) is 12.2. The summed E-state index contributed by atoms with van der Waals surface area (Å²) in [6.07, 6.45) is -0.861. The minimum absolute atomic E-state index is 0.260. The number of ether oxygens (including phenoxy) is 5. The van der Waals surface area contributed by atoms with Crippen molar-refractivity contribution in [3.8, 4) is 0 Å². The van der Waals surface area contributed by atoms with Crippen LogP contribution >= 0.6 is 7.14 Å². The molecule has 5 atom stereocenters. The van der Waals surface area contributed by atoms with E-state index >= 15 is 0 Å². The molecule has 1 aromatic rings. The zero-order valence-electron chi connectivity index (χ0n) is 16.1. The molecule has 146 valence electrons. The molecule has 0 radical (unpaired) electrons. The third-order valence-electron chi connectivity index (χ3n) is 4.75. The first-order valence-electron chi connectivity index (χ1n) is 8.94. The molecule has 6 nitrogen and oxygen atoms in total. The fraction of sp³-hybridized carbons (Fsp3) is 0.684. The quantitative estimate of drug-likeness (QED) is 0.671. The Bertz CT molecular complexity index is 643. The second-order valence-corrected chi connectivity index (χ2v) is 11.2. The lowest BCUT2D eigenvalue weighted by atomic mass is 10.1. The molecule has 2 aliphatic rings. The minimum atomic E-state index is -2.50. The van der Waals surface area contributed by atoms with E-state index in [1.165, 1.54) is 0 Å². The molecule has 0 saturated carbocycles. The van der Waals surface area contributed by atoms with Gasteiger partial charge in [-0.3, -0.25) is 0 Å². The van der Waals surface area contributed by atoms with Crippen molar-refractivity contribution in [3.63, 3.8) is 0 Å². The molecule has 7 heteroatoms. The molecule has 3 rings (SSSR count). The van der Waals surface area contributed by atoms with Gasteiger partial charge in [0.25, 0.3) is 0 Å². The molecule has 2 aliphatic heterocycles. The Labute approximate surface area is 155 Å². The highest BCUT2D eigenvalue weighted by molar-refractivity contribution is 7.62. The SMILES string of the molecule is CO[C@@H]1O[C@H](CC(OCc2ccccc2)P(C)(C)=O)[C@H]2OC(C)(C)O[C@@H]12. The van der Waals surface area contributed by atoms with Crippen molar-refractivity contribution in [3.05, 3.63) is 35.9 Å². The third-order valence-corrected chi connectivity index (χ3v) is 6.50. The van der Waals surface area contributed by atoms with Gasteiger partial charge in [-0.15, -0.1) is 0 Å². The van der Waals surface area contributed by atoms with Crippen LogP contribution in [-0.4, -0.2) is 56.7 Å². The molecule has 0 aromatic heterocycles. The van der Waals surface area contributed by atoms with E-state index in [4.69, 9.17) is 23.7 Å². The standard InChI is InChI=1S/C19H29O6P/c1-19(2)24-16-14(23-18(21-3)17(16)25-19)11-15(26(4,5)20)22-12-13-9-7-6-8-10-13/h6-10,14-18H,11-12H2,1-5H3/t14-,15?,16-,17-,18-/m1/s1. The van der Waals surface area contributed by atoms with Crippen molar-refractivity contribution < 1.29 is 28.2 Å². The summed E-state index contributed by atoms with van der Waals surface area (Å²) in [6, 6.07) is 9.87. The monoisotopic (exact) mass is 384 g/mol. The highest BCUT2D eigenvalue weighted by Gasteiger charge is 2.56. The van der Waals surface area contributed by atoms with E-state index in [2.05, 4.69) is 0 Å². The van der Waals surface area contributed by atoms with Crippen LogP contribution in [0.3, 0.4) is 0 Å². The van der Waals surface area contributed by atoms with Crippen LogP contribution < -0.4 is 0 Å². The number of benzene rings is 1. The maximum absolute atomic E-state index is 12.8.